The summed E-state index contributed by atoms with van der Waals surface area (Å²) in [7, 11) is 0. The van der Waals surface area contributed by atoms with Gasteiger partial charge in [-0.05, 0) is 31.5 Å². The van der Waals surface area contributed by atoms with Crippen LogP contribution in [-0.4, -0.2) is 22.8 Å². The lowest BCUT2D eigenvalue weighted by molar-refractivity contribution is -0.164. The number of phenols is 1. The Hall–Kier alpha value is -1.55. The van der Waals surface area contributed by atoms with E-state index in [1.807, 2.05) is 0 Å². The number of rotatable bonds is 4. The molecule has 2 N–H and O–H groups in total. The van der Waals surface area contributed by atoms with Gasteiger partial charge in [0.15, 0.2) is 5.60 Å². The zero-order valence-corrected chi connectivity index (χ0v) is 8.73. The molecule has 0 saturated carbocycles. The van der Waals surface area contributed by atoms with Crippen molar-refractivity contribution in [3.63, 3.8) is 0 Å². The van der Waals surface area contributed by atoms with E-state index in [2.05, 4.69) is 0 Å². The van der Waals surface area contributed by atoms with E-state index in [9.17, 15) is 9.90 Å². The Morgan fingerprint density at radius 2 is 2.20 bits per heavy atom. The molecule has 0 amide bonds. The zero-order chi connectivity index (χ0) is 11.5. The molecule has 15 heavy (non-hydrogen) atoms. The van der Waals surface area contributed by atoms with E-state index in [1.165, 1.54) is 19.1 Å². The van der Waals surface area contributed by atoms with Crippen LogP contribution < -0.4 is 0 Å². The molecule has 0 saturated heterocycles. The summed E-state index contributed by atoms with van der Waals surface area (Å²) < 4.78 is 5.22. The molecule has 1 rings (SSSR count). The van der Waals surface area contributed by atoms with Crippen molar-refractivity contribution >= 4 is 5.97 Å². The third kappa shape index (κ3) is 2.27. The number of carboxylic acids is 1. The van der Waals surface area contributed by atoms with Crippen LogP contribution in [-0.2, 0) is 15.1 Å². The van der Waals surface area contributed by atoms with Crippen LogP contribution in [0.3, 0.4) is 0 Å². The summed E-state index contributed by atoms with van der Waals surface area (Å²) in [6, 6.07) is 6.08. The molecule has 0 radical (unpaired) electrons. The predicted molar refractivity (Wildman–Crippen MR) is 54.7 cm³/mol. The van der Waals surface area contributed by atoms with E-state index >= 15 is 0 Å². The Kier molecular flexibility index (Phi) is 3.31. The number of aromatic hydroxyl groups is 1. The average Bonchev–Trinajstić information content (AvgIpc) is 2.17. The van der Waals surface area contributed by atoms with Crippen molar-refractivity contribution in [3.8, 4) is 5.75 Å². The van der Waals surface area contributed by atoms with Gasteiger partial charge in [-0.25, -0.2) is 4.79 Å². The van der Waals surface area contributed by atoms with E-state index < -0.39 is 11.6 Å². The number of carboxylic acid groups (broad SMARTS) is 1. The molecule has 4 nitrogen and oxygen atoms in total. The van der Waals surface area contributed by atoms with Crippen LogP contribution in [0.5, 0.6) is 5.75 Å². The van der Waals surface area contributed by atoms with E-state index in [1.54, 1.807) is 19.1 Å². The highest BCUT2D eigenvalue weighted by Crippen LogP contribution is 2.28. The normalized spacial score (nSPS) is 14.5. The Labute approximate surface area is 88.1 Å². The van der Waals surface area contributed by atoms with Gasteiger partial charge >= 0.3 is 5.97 Å². The molecule has 0 aliphatic heterocycles. The quantitative estimate of drug-likeness (QED) is 0.794. The second-order valence-corrected chi connectivity index (χ2v) is 3.32. The highest BCUT2D eigenvalue weighted by Gasteiger charge is 2.36. The number of hydrogen-bond donors (Lipinski definition) is 2. The standard InChI is InChI=1S/C11H14O4/c1-3-15-11(2,10(13)14)8-5-4-6-9(12)7-8/h4-7,12H,3H2,1-2H3,(H,13,14). The monoisotopic (exact) mass is 210 g/mol. The molecule has 0 aromatic heterocycles. The van der Waals surface area contributed by atoms with Crippen molar-refractivity contribution in [1.82, 2.24) is 0 Å². The van der Waals surface area contributed by atoms with E-state index in [0.717, 1.165) is 0 Å². The predicted octanol–water partition coefficient (Wildman–Crippen LogP) is 1.73. The van der Waals surface area contributed by atoms with Crippen molar-refractivity contribution in [2.24, 2.45) is 0 Å². The Balaban J connectivity index is 3.15. The van der Waals surface area contributed by atoms with Gasteiger partial charge in [0, 0.05) is 6.61 Å². The van der Waals surface area contributed by atoms with Crippen molar-refractivity contribution in [2.45, 2.75) is 19.4 Å². The molecule has 0 spiro atoms. The summed E-state index contributed by atoms with van der Waals surface area (Å²) in [5, 5.41) is 18.4. The fourth-order valence-electron chi connectivity index (χ4n) is 1.36. The molecule has 0 aliphatic carbocycles. The molecule has 1 aromatic rings. The van der Waals surface area contributed by atoms with Crippen LogP contribution in [0.15, 0.2) is 24.3 Å². The van der Waals surface area contributed by atoms with Gasteiger partial charge in [-0.1, -0.05) is 12.1 Å². The third-order valence-electron chi connectivity index (χ3n) is 2.24. The van der Waals surface area contributed by atoms with Crippen LogP contribution in [0.4, 0.5) is 0 Å². The van der Waals surface area contributed by atoms with Gasteiger partial charge < -0.3 is 14.9 Å². The van der Waals surface area contributed by atoms with Gasteiger partial charge in [0.25, 0.3) is 0 Å². The fraction of sp³-hybridized carbons (Fsp3) is 0.364. The number of benzene rings is 1. The van der Waals surface area contributed by atoms with Crippen LogP contribution in [0.25, 0.3) is 0 Å². The first-order valence-electron chi connectivity index (χ1n) is 4.67. The van der Waals surface area contributed by atoms with Gasteiger partial charge in [0.1, 0.15) is 5.75 Å². The van der Waals surface area contributed by atoms with Crippen LogP contribution >= 0.6 is 0 Å². The highest BCUT2D eigenvalue weighted by atomic mass is 16.5. The Morgan fingerprint density at radius 3 is 2.67 bits per heavy atom. The SMILES string of the molecule is CCOC(C)(C(=O)O)c1cccc(O)c1. The molecule has 0 fully saturated rings. The minimum atomic E-state index is -1.41. The summed E-state index contributed by atoms with van der Waals surface area (Å²) in [6.07, 6.45) is 0. The lowest BCUT2D eigenvalue weighted by atomic mass is 9.95. The number of carbonyl (C=O) groups is 1. The number of phenolic OH excluding ortho intramolecular Hbond substituents is 1. The lowest BCUT2D eigenvalue weighted by Gasteiger charge is -2.25. The molecule has 4 heteroatoms. The second kappa shape index (κ2) is 4.31. The molecule has 0 heterocycles. The maximum Gasteiger partial charge on any atom is 0.340 e. The highest BCUT2D eigenvalue weighted by molar-refractivity contribution is 5.79. The summed E-state index contributed by atoms with van der Waals surface area (Å²) in [5.41, 5.74) is -0.982. The maximum atomic E-state index is 11.1. The maximum absolute atomic E-state index is 11.1. The molecule has 1 unspecified atom stereocenters. The van der Waals surface area contributed by atoms with Gasteiger partial charge in [-0.3, -0.25) is 0 Å². The third-order valence-corrected chi connectivity index (χ3v) is 2.24. The molecular formula is C11H14O4. The Morgan fingerprint density at radius 1 is 1.53 bits per heavy atom. The Bertz CT molecular complexity index is 361. The smallest absolute Gasteiger partial charge is 0.340 e. The van der Waals surface area contributed by atoms with Crippen molar-refractivity contribution in [3.05, 3.63) is 29.8 Å². The topological polar surface area (TPSA) is 66.8 Å². The van der Waals surface area contributed by atoms with Gasteiger partial charge in [0.05, 0.1) is 0 Å². The van der Waals surface area contributed by atoms with Gasteiger partial charge in [-0.2, -0.15) is 0 Å². The van der Waals surface area contributed by atoms with Crippen LogP contribution in [0, 0.1) is 0 Å². The number of aliphatic carboxylic acids is 1. The molecular weight excluding hydrogens is 196 g/mol. The first kappa shape index (κ1) is 11.5. The zero-order valence-electron chi connectivity index (χ0n) is 8.73. The summed E-state index contributed by atoms with van der Waals surface area (Å²) >= 11 is 0. The lowest BCUT2D eigenvalue weighted by Crippen LogP contribution is -2.35. The van der Waals surface area contributed by atoms with Crippen molar-refractivity contribution in [1.29, 1.82) is 0 Å². The van der Waals surface area contributed by atoms with Crippen molar-refractivity contribution in [2.75, 3.05) is 6.61 Å². The minimum Gasteiger partial charge on any atom is -0.508 e. The number of hydrogen-bond acceptors (Lipinski definition) is 3. The van der Waals surface area contributed by atoms with Crippen LogP contribution in [0.1, 0.15) is 19.4 Å². The molecule has 1 atom stereocenters. The first-order valence-corrected chi connectivity index (χ1v) is 4.67. The average molecular weight is 210 g/mol. The molecule has 1 aromatic carbocycles. The van der Waals surface area contributed by atoms with Gasteiger partial charge in [0.2, 0.25) is 0 Å². The summed E-state index contributed by atoms with van der Waals surface area (Å²) in [5.74, 6) is -1.05. The first-order chi connectivity index (χ1) is 7.00. The second-order valence-electron chi connectivity index (χ2n) is 3.32. The van der Waals surface area contributed by atoms with Gasteiger partial charge in [-0.15, -0.1) is 0 Å². The van der Waals surface area contributed by atoms with Crippen molar-refractivity contribution < 1.29 is 19.7 Å². The number of ether oxygens (including phenoxy) is 1. The van der Waals surface area contributed by atoms with E-state index in [-0.39, 0.29) is 5.75 Å². The largest absolute Gasteiger partial charge is 0.508 e. The summed E-state index contributed by atoms with van der Waals surface area (Å²) in [4.78, 5) is 11.1. The summed E-state index contributed by atoms with van der Waals surface area (Å²) in [6.45, 7) is 3.48. The van der Waals surface area contributed by atoms with E-state index in [0.29, 0.717) is 12.2 Å². The molecule has 0 aliphatic rings. The molecule has 82 valence electrons. The van der Waals surface area contributed by atoms with E-state index in [4.69, 9.17) is 9.84 Å². The van der Waals surface area contributed by atoms with Crippen LogP contribution in [0.2, 0.25) is 0 Å². The fourth-order valence-corrected chi connectivity index (χ4v) is 1.36. The molecule has 0 bridgehead atoms. The minimum absolute atomic E-state index is 0.0275.